The predicted octanol–water partition coefficient (Wildman–Crippen LogP) is 6.19. The lowest BCUT2D eigenvalue weighted by Crippen LogP contribution is -2.34. The fourth-order valence-electron chi connectivity index (χ4n) is 6.44. The van der Waals surface area contributed by atoms with Gasteiger partial charge < -0.3 is 10.4 Å². The summed E-state index contributed by atoms with van der Waals surface area (Å²) in [5.41, 5.74) is 3.04. The number of nitrogens with one attached hydrogen (secondary N) is 2. The minimum absolute atomic E-state index is 0.0604. The molecule has 3 N–H and O–H groups in total. The zero-order chi connectivity index (χ0) is 37.5. The van der Waals surface area contributed by atoms with E-state index in [2.05, 4.69) is 37.9 Å². The summed E-state index contributed by atoms with van der Waals surface area (Å²) in [4.78, 5) is 18.8. The molecule has 0 saturated heterocycles. The number of carbonyl (C=O) groups is 1. The van der Waals surface area contributed by atoms with Gasteiger partial charge in [-0.15, -0.1) is 0 Å². The molecule has 52 heavy (non-hydrogen) atoms. The molecule has 272 valence electrons. The van der Waals surface area contributed by atoms with Crippen LogP contribution >= 0.6 is 23.2 Å². The monoisotopic (exact) mass is 767 g/mol. The van der Waals surface area contributed by atoms with E-state index in [-0.39, 0.29) is 30.0 Å². The predicted molar refractivity (Wildman–Crippen MR) is 202 cm³/mol. The first-order valence-corrected chi connectivity index (χ1v) is 19.4. The molecule has 1 aliphatic carbocycles. The smallest absolute Gasteiger partial charge is 0.242 e. The standard InChI is InChI=1S/C37H37Cl2F2N7O3S/c1-37(2,50)15-14-24-10-11-25(26-12-13-28(38)32-34(26)47(3)45-36(32)46-52(4,5)51)33(42-24)29(18-21-16-22(40)19-23(41)17-21)43-31(49)20-48-30-9-7-6-8-27(30)35(39)44-48/h10-13,16-17,19,29,50H,4,6-9,18,20H2,1-3,5H3,(H,43,49)(H,45,46,51)/t29-,52?/m0/s1. The number of rotatable bonds is 9. The highest BCUT2D eigenvalue weighted by Gasteiger charge is 2.27. The SMILES string of the molecule is C=S(C)(=O)Nc1nn(C)c2c(-c3ccc(C#CC(C)(C)O)nc3[C@H](Cc3cc(F)cc(F)c3)NC(=O)Cn3nc(Cl)c4c3CCCC4)ccc(Cl)c12. The number of hydrogen-bond donors (Lipinski definition) is 3. The Balaban J connectivity index is 1.53. The quantitative estimate of drug-likeness (QED) is 0.121. The maximum Gasteiger partial charge on any atom is 0.242 e. The number of aliphatic hydroxyl groups is 1. The minimum Gasteiger partial charge on any atom is -0.378 e. The summed E-state index contributed by atoms with van der Waals surface area (Å²) in [5, 5.41) is 23.6. The summed E-state index contributed by atoms with van der Waals surface area (Å²) in [6, 6.07) is 9.08. The number of amides is 1. The number of benzene rings is 2. The number of pyridine rings is 1. The summed E-state index contributed by atoms with van der Waals surface area (Å²) in [6.45, 7) is 2.92. The second kappa shape index (κ2) is 14.5. The second-order valence-corrected chi connectivity index (χ2v) is 16.5. The van der Waals surface area contributed by atoms with Crippen molar-refractivity contribution in [2.45, 2.75) is 64.1 Å². The fourth-order valence-corrected chi connectivity index (χ4v) is 7.53. The van der Waals surface area contributed by atoms with E-state index >= 15 is 0 Å². The van der Waals surface area contributed by atoms with Gasteiger partial charge >= 0.3 is 0 Å². The summed E-state index contributed by atoms with van der Waals surface area (Å²) < 4.78 is 47.8. The molecular formula is C37H37Cl2F2N7O3S. The van der Waals surface area contributed by atoms with E-state index in [1.165, 1.54) is 32.2 Å². The Labute approximate surface area is 310 Å². The summed E-state index contributed by atoms with van der Waals surface area (Å²) >= 11 is 13.1. The molecule has 1 aliphatic rings. The summed E-state index contributed by atoms with van der Waals surface area (Å²) in [7, 11) is -1.03. The molecule has 1 unspecified atom stereocenters. The molecule has 2 aromatic carbocycles. The van der Waals surface area contributed by atoms with Crippen LogP contribution in [0.25, 0.3) is 22.0 Å². The highest BCUT2D eigenvalue weighted by atomic mass is 35.5. The molecule has 0 radical (unpaired) electrons. The highest BCUT2D eigenvalue weighted by Crippen LogP contribution is 2.40. The van der Waals surface area contributed by atoms with Crippen molar-refractivity contribution in [2.75, 3.05) is 11.0 Å². The normalized spacial score (nSPS) is 14.6. The van der Waals surface area contributed by atoms with E-state index in [4.69, 9.17) is 28.2 Å². The number of carbonyl (C=O) groups excluding carboxylic acids is 1. The van der Waals surface area contributed by atoms with Gasteiger partial charge in [0.05, 0.1) is 27.7 Å². The largest absolute Gasteiger partial charge is 0.378 e. The van der Waals surface area contributed by atoms with Gasteiger partial charge in [-0.05, 0) is 93.6 Å². The molecule has 0 fully saturated rings. The number of anilines is 1. The van der Waals surface area contributed by atoms with Gasteiger partial charge in [-0.2, -0.15) is 10.2 Å². The van der Waals surface area contributed by atoms with E-state index in [9.17, 15) is 22.9 Å². The first kappa shape index (κ1) is 37.3. The second-order valence-electron chi connectivity index (χ2n) is 13.5. The van der Waals surface area contributed by atoms with Crippen LogP contribution in [0.2, 0.25) is 10.2 Å². The topological polar surface area (TPSA) is 127 Å². The summed E-state index contributed by atoms with van der Waals surface area (Å²) in [6.07, 6.45) is 4.82. The zero-order valence-electron chi connectivity index (χ0n) is 29.0. The van der Waals surface area contributed by atoms with Crippen LogP contribution in [-0.2, 0) is 47.4 Å². The fraction of sp³-hybridized carbons (Fsp3) is 0.324. The van der Waals surface area contributed by atoms with Gasteiger partial charge in [-0.25, -0.2) is 18.0 Å². The van der Waals surface area contributed by atoms with Crippen molar-refractivity contribution in [1.82, 2.24) is 29.9 Å². The van der Waals surface area contributed by atoms with Gasteiger partial charge in [-0.1, -0.05) is 35.2 Å². The van der Waals surface area contributed by atoms with Crippen LogP contribution in [0, 0.1) is 23.5 Å². The van der Waals surface area contributed by atoms with E-state index in [0.29, 0.717) is 37.9 Å². The lowest BCUT2D eigenvalue weighted by molar-refractivity contribution is -0.122. The average molecular weight is 769 g/mol. The van der Waals surface area contributed by atoms with Crippen molar-refractivity contribution >= 4 is 61.4 Å². The van der Waals surface area contributed by atoms with Crippen molar-refractivity contribution in [3.8, 4) is 23.0 Å². The van der Waals surface area contributed by atoms with Gasteiger partial charge in [-0.3, -0.25) is 18.9 Å². The van der Waals surface area contributed by atoms with Crippen LogP contribution in [0.15, 0.2) is 42.5 Å². The van der Waals surface area contributed by atoms with E-state index in [1.807, 2.05) is 0 Å². The number of aryl methyl sites for hydroxylation is 1. The van der Waals surface area contributed by atoms with Crippen molar-refractivity contribution in [3.63, 3.8) is 0 Å². The van der Waals surface area contributed by atoms with Gasteiger partial charge in [0.2, 0.25) is 5.91 Å². The van der Waals surface area contributed by atoms with Gasteiger partial charge in [0.15, 0.2) is 11.0 Å². The molecule has 0 spiro atoms. The number of aromatic nitrogens is 5. The maximum atomic E-state index is 14.5. The molecule has 0 aliphatic heterocycles. The number of fused-ring (bicyclic) bond motifs is 2. The Morgan fingerprint density at radius 3 is 2.48 bits per heavy atom. The average Bonchev–Trinajstić information content (AvgIpc) is 3.54. The van der Waals surface area contributed by atoms with Crippen LogP contribution in [-0.4, -0.2) is 57.5 Å². The van der Waals surface area contributed by atoms with Crippen LogP contribution < -0.4 is 10.0 Å². The Morgan fingerprint density at radius 2 is 1.79 bits per heavy atom. The molecule has 3 aromatic heterocycles. The lowest BCUT2D eigenvalue weighted by Gasteiger charge is -2.23. The minimum atomic E-state index is -2.74. The first-order chi connectivity index (χ1) is 24.5. The van der Waals surface area contributed by atoms with Crippen LogP contribution in [0.3, 0.4) is 0 Å². The molecule has 15 heteroatoms. The van der Waals surface area contributed by atoms with Crippen LogP contribution in [0.4, 0.5) is 14.6 Å². The molecule has 10 nitrogen and oxygen atoms in total. The third-order valence-electron chi connectivity index (χ3n) is 8.49. The number of nitrogens with zero attached hydrogens (tertiary/aromatic N) is 5. The maximum absolute atomic E-state index is 14.5. The zero-order valence-corrected chi connectivity index (χ0v) is 31.3. The third kappa shape index (κ3) is 8.42. The molecule has 2 atom stereocenters. The van der Waals surface area contributed by atoms with Gasteiger partial charge in [0.25, 0.3) is 0 Å². The highest BCUT2D eigenvalue weighted by molar-refractivity contribution is 8.00. The lowest BCUT2D eigenvalue weighted by atomic mass is 9.93. The molecule has 0 saturated carbocycles. The molecule has 6 rings (SSSR count). The Bertz CT molecular complexity index is 2370. The van der Waals surface area contributed by atoms with Gasteiger partial charge in [0, 0.05) is 51.5 Å². The number of halogens is 4. The number of hydrogen-bond acceptors (Lipinski definition) is 6. The molecular weight excluding hydrogens is 731 g/mol. The van der Waals surface area contributed by atoms with Crippen molar-refractivity contribution < 1.29 is 22.9 Å². The first-order valence-electron chi connectivity index (χ1n) is 16.5. The molecule has 5 aromatic rings. The van der Waals surface area contributed by atoms with E-state index in [1.54, 1.807) is 40.7 Å². The van der Waals surface area contributed by atoms with Gasteiger partial charge in [0.1, 0.15) is 29.5 Å². The molecule has 3 heterocycles. The Morgan fingerprint density at radius 1 is 1.10 bits per heavy atom. The third-order valence-corrected chi connectivity index (χ3v) is 9.73. The van der Waals surface area contributed by atoms with E-state index < -0.39 is 38.9 Å². The molecule has 1 amide bonds. The van der Waals surface area contributed by atoms with Crippen LogP contribution in [0.1, 0.15) is 60.9 Å². The van der Waals surface area contributed by atoms with Crippen LogP contribution in [0.5, 0.6) is 0 Å². The van der Waals surface area contributed by atoms with Crippen molar-refractivity contribution in [2.24, 2.45) is 7.05 Å². The molecule has 0 bridgehead atoms. The van der Waals surface area contributed by atoms with E-state index in [0.717, 1.165) is 43.0 Å². The summed E-state index contributed by atoms with van der Waals surface area (Å²) in [5.74, 6) is 7.62. The van der Waals surface area contributed by atoms with Crippen molar-refractivity contribution in [3.05, 3.63) is 92.5 Å². The Hall–Kier alpha value is -4.48. The van der Waals surface area contributed by atoms with Crippen molar-refractivity contribution in [1.29, 1.82) is 0 Å². The Kier molecular flexibility index (Phi) is 10.4.